The second-order valence-electron chi connectivity index (χ2n) is 9.19. The normalized spacial score (nSPS) is 17.6. The third-order valence-electron chi connectivity index (χ3n) is 6.54. The average molecular weight is 466 g/mol. The van der Waals surface area contributed by atoms with E-state index in [1.165, 1.54) is 17.9 Å². The van der Waals surface area contributed by atoms with Crippen molar-refractivity contribution in [1.29, 1.82) is 0 Å². The predicted molar refractivity (Wildman–Crippen MR) is 128 cm³/mol. The Morgan fingerprint density at radius 2 is 2.06 bits per heavy atom. The zero-order valence-electron chi connectivity index (χ0n) is 18.8. The zero-order valence-corrected chi connectivity index (χ0v) is 19.5. The molecule has 0 fully saturated rings. The number of aromatic nitrogens is 1. The second kappa shape index (κ2) is 8.03. The Labute approximate surface area is 196 Å². The molecule has 0 bridgehead atoms. The molecule has 1 aromatic heterocycles. The highest BCUT2D eigenvalue weighted by molar-refractivity contribution is 6.30. The molecule has 2 aromatic carbocycles. The molecule has 5 nitrogen and oxygen atoms in total. The number of nitrogens with zero attached hydrogens (tertiary/aromatic N) is 2. The largest absolute Gasteiger partial charge is 0.356 e. The molecule has 2 amide bonds. The molecule has 3 aromatic rings. The van der Waals surface area contributed by atoms with Crippen LogP contribution < -0.4 is 5.32 Å². The molecule has 2 aliphatic rings. The Morgan fingerprint density at radius 3 is 2.76 bits per heavy atom. The van der Waals surface area contributed by atoms with E-state index in [4.69, 9.17) is 11.6 Å². The van der Waals surface area contributed by atoms with Crippen molar-refractivity contribution in [1.82, 2.24) is 9.47 Å². The van der Waals surface area contributed by atoms with Crippen molar-refractivity contribution in [2.45, 2.75) is 39.7 Å². The highest BCUT2D eigenvalue weighted by atomic mass is 35.5. The van der Waals surface area contributed by atoms with Gasteiger partial charge in [-0.1, -0.05) is 37.6 Å². The van der Waals surface area contributed by atoms with E-state index in [2.05, 4.69) is 36.0 Å². The van der Waals surface area contributed by atoms with Crippen LogP contribution in [0.3, 0.4) is 0 Å². The van der Waals surface area contributed by atoms with Crippen LogP contribution in [-0.4, -0.2) is 27.8 Å². The summed E-state index contributed by atoms with van der Waals surface area (Å²) >= 11 is 6.16. The van der Waals surface area contributed by atoms with Crippen molar-refractivity contribution in [3.8, 4) is 0 Å². The molecule has 0 saturated heterocycles. The summed E-state index contributed by atoms with van der Waals surface area (Å²) in [5, 5.41) is 4.48. The van der Waals surface area contributed by atoms with Gasteiger partial charge in [-0.25, -0.2) is 4.39 Å². The van der Waals surface area contributed by atoms with Crippen LogP contribution in [0.5, 0.6) is 0 Å². The Bertz CT molecular complexity index is 1340. The van der Waals surface area contributed by atoms with E-state index in [1.54, 1.807) is 12.1 Å². The monoisotopic (exact) mass is 465 g/mol. The van der Waals surface area contributed by atoms with Crippen molar-refractivity contribution in [2.75, 3.05) is 11.9 Å². The molecule has 170 valence electrons. The maximum absolute atomic E-state index is 14.0. The van der Waals surface area contributed by atoms with E-state index < -0.39 is 11.7 Å². The van der Waals surface area contributed by atoms with Crippen LogP contribution in [-0.2, 0) is 16.1 Å². The minimum absolute atomic E-state index is 0.00416. The summed E-state index contributed by atoms with van der Waals surface area (Å²) in [5.41, 5.74) is 4.83. The lowest BCUT2D eigenvalue weighted by molar-refractivity contribution is -0.139. The fourth-order valence-corrected chi connectivity index (χ4v) is 5.08. The summed E-state index contributed by atoms with van der Waals surface area (Å²) in [5.74, 6) is -1.08. The number of carbonyl (C=O) groups is 2. The van der Waals surface area contributed by atoms with Crippen LogP contribution in [0.1, 0.15) is 44.2 Å². The molecule has 2 aliphatic heterocycles. The molecule has 5 rings (SSSR count). The van der Waals surface area contributed by atoms with E-state index in [1.807, 2.05) is 12.1 Å². The van der Waals surface area contributed by atoms with Crippen LogP contribution in [0, 0.1) is 11.7 Å². The Kier molecular flexibility index (Phi) is 5.28. The molecule has 0 spiro atoms. The zero-order chi connectivity index (χ0) is 23.4. The summed E-state index contributed by atoms with van der Waals surface area (Å²) in [4.78, 5) is 26.9. The third kappa shape index (κ3) is 3.53. The molecular weight excluding hydrogens is 441 g/mol. The molecule has 1 atom stereocenters. The first-order chi connectivity index (χ1) is 15.8. The highest BCUT2D eigenvalue weighted by Crippen LogP contribution is 2.47. The van der Waals surface area contributed by atoms with Gasteiger partial charge in [0.25, 0.3) is 5.91 Å². The van der Waals surface area contributed by atoms with Gasteiger partial charge >= 0.3 is 0 Å². The number of aryl methyl sites for hydroxylation is 1. The van der Waals surface area contributed by atoms with Gasteiger partial charge in [-0.15, -0.1) is 0 Å². The summed E-state index contributed by atoms with van der Waals surface area (Å²) in [6.07, 6.45) is 3.11. The summed E-state index contributed by atoms with van der Waals surface area (Å²) in [7, 11) is 0. The van der Waals surface area contributed by atoms with Crippen molar-refractivity contribution in [3.63, 3.8) is 0 Å². The van der Waals surface area contributed by atoms with Crippen LogP contribution in [0.25, 0.3) is 10.9 Å². The highest BCUT2D eigenvalue weighted by Gasteiger charge is 2.41. The minimum Gasteiger partial charge on any atom is -0.356 e. The standard InChI is InChI=1S/C26H25ClFN3O2/c1-14(2)9-10-30-12-17-23(16-7-8-19(28)18(27)11-16)25-21(13-31(15(3)32)26(25)33)29-20-5-4-6-22(30)24(17)20/h4-8,11-12,14,23,29H,9-10,13H2,1-3H3/t23-/m1/s1. The maximum atomic E-state index is 14.0. The first-order valence-electron chi connectivity index (χ1n) is 11.2. The van der Waals surface area contributed by atoms with Gasteiger partial charge in [0.05, 0.1) is 22.7 Å². The van der Waals surface area contributed by atoms with E-state index in [0.29, 0.717) is 22.8 Å². The van der Waals surface area contributed by atoms with E-state index >= 15 is 0 Å². The number of amides is 2. The molecule has 0 aliphatic carbocycles. The van der Waals surface area contributed by atoms with Crippen molar-refractivity contribution in [2.24, 2.45) is 5.92 Å². The Balaban J connectivity index is 1.76. The number of rotatable bonds is 4. The van der Waals surface area contributed by atoms with Gasteiger partial charge < -0.3 is 9.88 Å². The smallest absolute Gasteiger partial charge is 0.259 e. The van der Waals surface area contributed by atoms with Gasteiger partial charge in [-0.3, -0.25) is 14.5 Å². The molecule has 7 heteroatoms. The molecular formula is C26H25ClFN3O2. The summed E-state index contributed by atoms with van der Waals surface area (Å²) in [6.45, 7) is 6.80. The summed E-state index contributed by atoms with van der Waals surface area (Å²) in [6, 6.07) is 10.7. The number of anilines is 1. The average Bonchev–Trinajstić information content (AvgIpc) is 3.24. The first-order valence-corrected chi connectivity index (χ1v) is 11.5. The number of benzene rings is 2. The molecule has 0 radical (unpaired) electrons. The van der Waals surface area contributed by atoms with Crippen LogP contribution in [0.15, 0.2) is 53.9 Å². The van der Waals surface area contributed by atoms with Crippen molar-refractivity contribution in [3.05, 3.63) is 75.8 Å². The Hall–Kier alpha value is -3.12. The van der Waals surface area contributed by atoms with Crippen LogP contribution in [0.4, 0.5) is 10.1 Å². The molecule has 3 heterocycles. The minimum atomic E-state index is -0.510. The van der Waals surface area contributed by atoms with Gasteiger partial charge in [0.2, 0.25) is 5.91 Å². The topological polar surface area (TPSA) is 54.3 Å². The van der Waals surface area contributed by atoms with Gasteiger partial charge in [-0.2, -0.15) is 0 Å². The molecule has 1 N–H and O–H groups in total. The van der Waals surface area contributed by atoms with E-state index in [9.17, 15) is 14.0 Å². The van der Waals surface area contributed by atoms with E-state index in [0.717, 1.165) is 35.1 Å². The Morgan fingerprint density at radius 1 is 1.27 bits per heavy atom. The molecule has 33 heavy (non-hydrogen) atoms. The number of nitrogens with one attached hydrogen (secondary N) is 1. The number of carbonyl (C=O) groups excluding carboxylic acids is 2. The number of hydrogen-bond acceptors (Lipinski definition) is 3. The SMILES string of the molecule is CC(=O)N1CC2=C(C1=O)[C@H](c1ccc(F)c(Cl)c1)c1cn(CCC(C)C)c3cccc(c13)N2. The van der Waals surface area contributed by atoms with Gasteiger partial charge in [0.15, 0.2) is 0 Å². The molecule has 0 saturated carbocycles. The number of hydrogen-bond donors (Lipinski definition) is 1. The van der Waals surface area contributed by atoms with Gasteiger partial charge in [0.1, 0.15) is 5.82 Å². The van der Waals surface area contributed by atoms with Crippen molar-refractivity contribution >= 4 is 40.0 Å². The van der Waals surface area contributed by atoms with Crippen LogP contribution in [0.2, 0.25) is 5.02 Å². The lowest BCUT2D eigenvalue weighted by Gasteiger charge is -2.20. The fourth-order valence-electron chi connectivity index (χ4n) is 4.89. The fraction of sp³-hybridized carbons (Fsp3) is 0.308. The van der Waals surface area contributed by atoms with Gasteiger partial charge in [-0.05, 0) is 47.7 Å². The second-order valence-corrected chi connectivity index (χ2v) is 9.60. The lowest BCUT2D eigenvalue weighted by atomic mass is 9.84. The molecule has 0 unspecified atom stereocenters. The lowest BCUT2D eigenvalue weighted by Crippen LogP contribution is -2.33. The summed E-state index contributed by atoms with van der Waals surface area (Å²) < 4.78 is 16.3. The third-order valence-corrected chi connectivity index (χ3v) is 6.83. The maximum Gasteiger partial charge on any atom is 0.259 e. The van der Waals surface area contributed by atoms with Gasteiger partial charge in [0, 0.05) is 42.4 Å². The predicted octanol–water partition coefficient (Wildman–Crippen LogP) is 5.68. The number of halogens is 2. The first kappa shape index (κ1) is 21.7. The number of imide groups is 1. The van der Waals surface area contributed by atoms with E-state index in [-0.39, 0.29) is 23.4 Å². The van der Waals surface area contributed by atoms with Crippen LogP contribution >= 0.6 is 11.6 Å². The van der Waals surface area contributed by atoms with Crippen molar-refractivity contribution < 1.29 is 14.0 Å². The quantitative estimate of drug-likeness (QED) is 0.539.